The van der Waals surface area contributed by atoms with Gasteiger partial charge in [-0.3, -0.25) is 0 Å². The number of carbonyl (C=O) groups is 1. The monoisotopic (exact) mass is 274 g/mol. The average Bonchev–Trinajstić information content (AvgIpc) is 2.84. The summed E-state index contributed by atoms with van der Waals surface area (Å²) in [7, 11) is 1.59. The van der Waals surface area contributed by atoms with Gasteiger partial charge in [0.05, 0.1) is 18.5 Å². The van der Waals surface area contributed by atoms with Crippen LogP contribution in [-0.4, -0.2) is 28.0 Å². The highest BCUT2D eigenvalue weighted by Crippen LogP contribution is 2.26. The first-order valence-corrected chi connectivity index (χ1v) is 6.31. The zero-order valence-corrected chi connectivity index (χ0v) is 12.0. The van der Waals surface area contributed by atoms with Gasteiger partial charge in [0.1, 0.15) is 11.3 Å². The summed E-state index contributed by atoms with van der Waals surface area (Å²) in [4.78, 5) is 11.4. The molecule has 1 aromatic carbocycles. The van der Waals surface area contributed by atoms with Gasteiger partial charge in [-0.1, -0.05) is 26.8 Å². The van der Waals surface area contributed by atoms with Crippen molar-refractivity contribution in [2.75, 3.05) is 7.11 Å². The molecule has 0 atom stereocenters. The predicted octanol–water partition coefficient (Wildman–Crippen LogP) is 2.88. The molecule has 0 aliphatic carbocycles. The number of aromatic carboxylic acids is 1. The molecule has 0 aliphatic heterocycles. The van der Waals surface area contributed by atoms with Gasteiger partial charge in [-0.05, 0) is 12.1 Å². The molecule has 0 saturated carbocycles. The quantitative estimate of drug-likeness (QED) is 0.934. The third kappa shape index (κ3) is 2.66. The van der Waals surface area contributed by atoms with E-state index in [0.29, 0.717) is 11.4 Å². The number of aromatic nitrogens is 2. The molecular weight excluding hydrogens is 256 g/mol. The Morgan fingerprint density at radius 2 is 2.05 bits per heavy atom. The van der Waals surface area contributed by atoms with Crippen molar-refractivity contribution in [1.82, 2.24) is 9.78 Å². The summed E-state index contributed by atoms with van der Waals surface area (Å²) < 4.78 is 6.75. The molecule has 0 fully saturated rings. The van der Waals surface area contributed by atoms with Crippen molar-refractivity contribution in [3.8, 4) is 11.4 Å². The molecule has 2 rings (SSSR count). The van der Waals surface area contributed by atoms with E-state index in [-0.39, 0.29) is 11.0 Å². The molecule has 2 aromatic rings. The average molecular weight is 274 g/mol. The minimum absolute atomic E-state index is 0.223. The Hall–Kier alpha value is -2.30. The molecule has 1 heterocycles. The zero-order valence-electron chi connectivity index (χ0n) is 12.0. The van der Waals surface area contributed by atoms with E-state index in [4.69, 9.17) is 4.74 Å². The number of carboxylic acids is 1. The van der Waals surface area contributed by atoms with Gasteiger partial charge in [0.25, 0.3) is 0 Å². The van der Waals surface area contributed by atoms with Crippen molar-refractivity contribution in [2.24, 2.45) is 0 Å². The lowest BCUT2D eigenvalue weighted by atomic mass is 9.90. The SMILES string of the molecule is COc1cccc(-n2cc(C(=O)O)c(C(C)(C)C)n2)c1. The van der Waals surface area contributed by atoms with Crippen LogP contribution in [0.1, 0.15) is 36.8 Å². The lowest BCUT2D eigenvalue weighted by Crippen LogP contribution is -2.16. The van der Waals surface area contributed by atoms with Crippen molar-refractivity contribution in [3.05, 3.63) is 41.7 Å². The highest BCUT2D eigenvalue weighted by atomic mass is 16.5. The standard InChI is InChI=1S/C15H18N2O3/c1-15(2,3)13-12(14(18)19)9-17(16-13)10-6-5-7-11(8-10)20-4/h5-9H,1-4H3,(H,18,19). The normalized spacial score (nSPS) is 11.4. The molecule has 0 radical (unpaired) electrons. The Bertz CT molecular complexity index is 639. The van der Waals surface area contributed by atoms with Crippen LogP contribution in [0, 0.1) is 0 Å². The molecule has 5 heteroatoms. The molecule has 0 amide bonds. The molecule has 1 aromatic heterocycles. The fourth-order valence-electron chi connectivity index (χ4n) is 1.97. The summed E-state index contributed by atoms with van der Waals surface area (Å²) in [6, 6.07) is 7.33. The Morgan fingerprint density at radius 1 is 1.35 bits per heavy atom. The molecular formula is C15H18N2O3. The van der Waals surface area contributed by atoms with E-state index in [9.17, 15) is 9.90 Å². The van der Waals surface area contributed by atoms with E-state index in [1.807, 2.05) is 45.0 Å². The summed E-state index contributed by atoms with van der Waals surface area (Å²) in [6.07, 6.45) is 1.54. The maximum absolute atomic E-state index is 11.4. The van der Waals surface area contributed by atoms with Crippen molar-refractivity contribution >= 4 is 5.97 Å². The lowest BCUT2D eigenvalue weighted by Gasteiger charge is -2.16. The lowest BCUT2D eigenvalue weighted by molar-refractivity contribution is 0.0694. The van der Waals surface area contributed by atoms with Gasteiger partial charge < -0.3 is 9.84 Å². The maximum atomic E-state index is 11.4. The first-order valence-electron chi connectivity index (χ1n) is 6.31. The van der Waals surface area contributed by atoms with Crippen LogP contribution in [0.15, 0.2) is 30.5 Å². The van der Waals surface area contributed by atoms with E-state index in [1.54, 1.807) is 11.8 Å². The topological polar surface area (TPSA) is 64.3 Å². The van der Waals surface area contributed by atoms with Crippen LogP contribution in [0.2, 0.25) is 0 Å². The summed E-state index contributed by atoms with van der Waals surface area (Å²) in [5.41, 5.74) is 1.22. The van der Waals surface area contributed by atoms with E-state index in [1.165, 1.54) is 6.20 Å². The molecule has 0 saturated heterocycles. The number of nitrogens with zero attached hydrogens (tertiary/aromatic N) is 2. The van der Waals surface area contributed by atoms with Crippen LogP contribution < -0.4 is 4.74 Å². The molecule has 1 N–H and O–H groups in total. The molecule has 0 spiro atoms. The van der Waals surface area contributed by atoms with Gasteiger partial charge in [-0.2, -0.15) is 5.10 Å². The van der Waals surface area contributed by atoms with E-state index in [2.05, 4.69) is 5.10 Å². The van der Waals surface area contributed by atoms with Gasteiger partial charge in [-0.25, -0.2) is 9.48 Å². The third-order valence-electron chi connectivity index (χ3n) is 2.97. The van der Waals surface area contributed by atoms with E-state index < -0.39 is 5.97 Å². The Labute approximate surface area is 117 Å². The van der Waals surface area contributed by atoms with Crippen molar-refractivity contribution in [3.63, 3.8) is 0 Å². The van der Waals surface area contributed by atoms with Gasteiger partial charge in [0.2, 0.25) is 0 Å². The van der Waals surface area contributed by atoms with Crippen LogP contribution in [-0.2, 0) is 5.41 Å². The second-order valence-corrected chi connectivity index (χ2v) is 5.59. The van der Waals surface area contributed by atoms with Crippen LogP contribution >= 0.6 is 0 Å². The first kappa shape index (κ1) is 14.1. The summed E-state index contributed by atoms with van der Waals surface area (Å²) in [6.45, 7) is 5.83. The minimum Gasteiger partial charge on any atom is -0.497 e. The molecule has 106 valence electrons. The van der Waals surface area contributed by atoms with E-state index in [0.717, 1.165) is 5.69 Å². The Morgan fingerprint density at radius 3 is 2.55 bits per heavy atom. The number of carboxylic acid groups (broad SMARTS) is 1. The maximum Gasteiger partial charge on any atom is 0.339 e. The molecule has 20 heavy (non-hydrogen) atoms. The van der Waals surface area contributed by atoms with Gasteiger partial charge in [0.15, 0.2) is 0 Å². The largest absolute Gasteiger partial charge is 0.497 e. The van der Waals surface area contributed by atoms with Crippen LogP contribution in [0.25, 0.3) is 5.69 Å². The van der Waals surface area contributed by atoms with Crippen LogP contribution in [0.3, 0.4) is 0 Å². The number of rotatable bonds is 3. The highest BCUT2D eigenvalue weighted by molar-refractivity contribution is 5.89. The third-order valence-corrected chi connectivity index (χ3v) is 2.97. The fourth-order valence-corrected chi connectivity index (χ4v) is 1.97. The van der Waals surface area contributed by atoms with Crippen molar-refractivity contribution in [1.29, 1.82) is 0 Å². The Balaban J connectivity index is 2.56. The Kier molecular flexibility index (Phi) is 3.53. The smallest absolute Gasteiger partial charge is 0.339 e. The second-order valence-electron chi connectivity index (χ2n) is 5.59. The highest BCUT2D eigenvalue weighted by Gasteiger charge is 2.26. The number of hydrogen-bond acceptors (Lipinski definition) is 3. The minimum atomic E-state index is -0.968. The van der Waals surface area contributed by atoms with Gasteiger partial charge >= 0.3 is 5.97 Å². The van der Waals surface area contributed by atoms with Gasteiger partial charge in [-0.15, -0.1) is 0 Å². The first-order chi connectivity index (χ1) is 9.32. The summed E-state index contributed by atoms with van der Waals surface area (Å²) in [5.74, 6) is -0.267. The predicted molar refractivity (Wildman–Crippen MR) is 75.8 cm³/mol. The van der Waals surface area contributed by atoms with Crippen molar-refractivity contribution in [2.45, 2.75) is 26.2 Å². The number of benzene rings is 1. The van der Waals surface area contributed by atoms with E-state index >= 15 is 0 Å². The van der Waals surface area contributed by atoms with Crippen LogP contribution in [0.4, 0.5) is 0 Å². The van der Waals surface area contributed by atoms with Crippen LogP contribution in [0.5, 0.6) is 5.75 Å². The van der Waals surface area contributed by atoms with Gasteiger partial charge in [0, 0.05) is 17.7 Å². The number of hydrogen-bond donors (Lipinski definition) is 1. The number of ether oxygens (including phenoxy) is 1. The molecule has 0 bridgehead atoms. The summed E-state index contributed by atoms with van der Waals surface area (Å²) in [5, 5.41) is 13.7. The zero-order chi connectivity index (χ0) is 14.9. The number of methoxy groups -OCH3 is 1. The fraction of sp³-hybridized carbons (Fsp3) is 0.333. The molecule has 5 nitrogen and oxygen atoms in total. The molecule has 0 aliphatic rings. The second kappa shape index (κ2) is 5.00. The summed E-state index contributed by atoms with van der Waals surface area (Å²) >= 11 is 0. The molecule has 0 unspecified atom stereocenters. The van der Waals surface area contributed by atoms with Crippen molar-refractivity contribution < 1.29 is 14.6 Å².